The van der Waals surface area contributed by atoms with Crippen LogP contribution in [0.5, 0.6) is 0 Å². The second-order valence-electron chi connectivity index (χ2n) is 10.3. The largest absolute Gasteiger partial charge is 0.389 e. The summed E-state index contributed by atoms with van der Waals surface area (Å²) in [5.41, 5.74) is 1.21. The van der Waals surface area contributed by atoms with E-state index in [1.807, 2.05) is 23.0 Å². The molecule has 2 aliphatic heterocycles. The van der Waals surface area contributed by atoms with Gasteiger partial charge >= 0.3 is 0 Å². The van der Waals surface area contributed by atoms with Crippen LogP contribution in [0.25, 0.3) is 10.8 Å². The quantitative estimate of drug-likeness (QED) is 0.555. The van der Waals surface area contributed by atoms with Gasteiger partial charge in [0, 0.05) is 22.8 Å². The third kappa shape index (κ3) is 4.33. The van der Waals surface area contributed by atoms with E-state index in [1.54, 1.807) is 12.3 Å². The van der Waals surface area contributed by atoms with Gasteiger partial charge in [-0.2, -0.15) is 5.10 Å². The van der Waals surface area contributed by atoms with Gasteiger partial charge in [0.2, 0.25) is 0 Å². The van der Waals surface area contributed by atoms with Crippen molar-refractivity contribution in [2.24, 2.45) is 0 Å². The topological polar surface area (TPSA) is 92.5 Å². The van der Waals surface area contributed by atoms with E-state index in [0.29, 0.717) is 36.7 Å². The maximum absolute atomic E-state index is 12.7. The number of anilines is 1. The van der Waals surface area contributed by atoms with E-state index in [2.05, 4.69) is 33.3 Å². The molecule has 35 heavy (non-hydrogen) atoms. The van der Waals surface area contributed by atoms with Gasteiger partial charge in [-0.05, 0) is 86.8 Å². The number of hydrogen-bond acceptors (Lipinski definition) is 6. The number of benzene rings is 1. The summed E-state index contributed by atoms with van der Waals surface area (Å²) in [6, 6.07) is 8.17. The minimum Gasteiger partial charge on any atom is -0.389 e. The highest BCUT2D eigenvalue weighted by Gasteiger charge is 2.45. The first kappa shape index (κ1) is 22.9. The first-order valence-electron chi connectivity index (χ1n) is 12.4. The third-order valence-electron chi connectivity index (χ3n) is 7.89. The van der Waals surface area contributed by atoms with Crippen LogP contribution < -0.4 is 5.32 Å². The number of amides is 1. The van der Waals surface area contributed by atoms with Crippen LogP contribution in [0.15, 0.2) is 36.7 Å². The first-order chi connectivity index (χ1) is 16.9. The Labute approximate surface area is 209 Å². The Balaban J connectivity index is 1.18. The number of fused-ring (bicyclic) bond motifs is 1. The molecule has 0 spiro atoms. The van der Waals surface area contributed by atoms with Crippen LogP contribution in [0.1, 0.15) is 60.6 Å². The molecule has 1 saturated carbocycles. The van der Waals surface area contributed by atoms with Crippen LogP contribution >= 0.6 is 11.6 Å². The Bertz CT molecular complexity index is 1270. The molecule has 184 valence electrons. The summed E-state index contributed by atoms with van der Waals surface area (Å²) >= 11 is 6.71. The average Bonchev–Trinajstić information content (AvgIpc) is 3.48. The van der Waals surface area contributed by atoms with Crippen molar-refractivity contribution in [1.29, 1.82) is 0 Å². The number of carbonyl (C=O) groups excluding carboxylic acids is 1. The molecule has 0 bridgehead atoms. The Kier molecular flexibility index (Phi) is 5.79. The lowest BCUT2D eigenvalue weighted by atomic mass is 9.85. The number of hydrogen-bond donors (Lipinski definition) is 2. The molecule has 3 aliphatic rings. The number of aliphatic hydroxyl groups excluding tert-OH is 1. The molecule has 1 aromatic carbocycles. The minimum atomic E-state index is -0.452. The number of pyridine rings is 1. The zero-order chi connectivity index (χ0) is 24.2. The van der Waals surface area contributed by atoms with Gasteiger partial charge in [0.25, 0.3) is 5.91 Å². The zero-order valence-electron chi connectivity index (χ0n) is 19.8. The van der Waals surface area contributed by atoms with E-state index in [1.165, 1.54) is 0 Å². The molecule has 2 saturated heterocycles. The predicted molar refractivity (Wildman–Crippen MR) is 134 cm³/mol. The fourth-order valence-electron chi connectivity index (χ4n) is 5.40. The maximum atomic E-state index is 12.7. The molecule has 0 unspecified atom stereocenters. The standard InChI is InChI=1S/C26H30ClN5O3/c1-26(15-35-14-23(26)33)31-7-4-16(5-8-31)20-10-17-12-24(28-13-18(17)11-21(20)27)29-25(34)22-6-9-32(30-22)19-2-3-19/h6,9-13,16,19,23,33H,2-5,7-8,14-15H2,1H3,(H,28,29,34)/t23-,26+/m1/s1. The molecule has 6 rings (SSSR count). The number of aromatic nitrogens is 3. The van der Waals surface area contributed by atoms with Gasteiger partial charge < -0.3 is 15.2 Å². The molecule has 2 aromatic heterocycles. The lowest BCUT2D eigenvalue weighted by Crippen LogP contribution is -2.56. The SMILES string of the molecule is C[C@]1(N2CCC(c3cc4cc(NC(=O)c5ccn(C6CC6)n5)ncc4cc3Cl)CC2)COC[C@H]1O. The Morgan fingerprint density at radius 1 is 1.20 bits per heavy atom. The molecule has 1 amide bonds. The van der Waals surface area contributed by atoms with Crippen LogP contribution in [0.3, 0.4) is 0 Å². The van der Waals surface area contributed by atoms with Gasteiger partial charge in [-0.3, -0.25) is 14.4 Å². The van der Waals surface area contributed by atoms with Crippen molar-refractivity contribution >= 4 is 34.1 Å². The summed E-state index contributed by atoms with van der Waals surface area (Å²) < 4.78 is 7.40. The van der Waals surface area contributed by atoms with Crippen LogP contribution in [0.4, 0.5) is 5.82 Å². The van der Waals surface area contributed by atoms with Crippen molar-refractivity contribution in [3.05, 3.63) is 52.9 Å². The summed E-state index contributed by atoms with van der Waals surface area (Å²) in [5.74, 6) is 0.572. The van der Waals surface area contributed by atoms with Crippen LogP contribution in [0, 0.1) is 0 Å². The molecular formula is C26H30ClN5O3. The summed E-state index contributed by atoms with van der Waals surface area (Å²) in [5, 5.41) is 20.4. The lowest BCUT2D eigenvalue weighted by Gasteiger charge is -2.43. The molecule has 2 N–H and O–H groups in total. The number of likely N-dealkylation sites (tertiary alicyclic amines) is 1. The monoisotopic (exact) mass is 495 g/mol. The third-order valence-corrected chi connectivity index (χ3v) is 8.21. The van der Waals surface area contributed by atoms with E-state index in [9.17, 15) is 9.90 Å². The van der Waals surface area contributed by atoms with Crippen LogP contribution in [-0.4, -0.2) is 68.6 Å². The van der Waals surface area contributed by atoms with E-state index in [-0.39, 0.29) is 11.4 Å². The fraction of sp³-hybridized carbons (Fsp3) is 0.500. The first-order valence-corrected chi connectivity index (χ1v) is 12.7. The van der Waals surface area contributed by atoms with E-state index < -0.39 is 6.10 Å². The highest BCUT2D eigenvalue weighted by molar-refractivity contribution is 6.32. The minimum absolute atomic E-state index is 0.260. The van der Waals surface area contributed by atoms with Crippen LogP contribution in [0.2, 0.25) is 5.02 Å². The predicted octanol–water partition coefficient (Wildman–Crippen LogP) is 4.00. The van der Waals surface area contributed by atoms with Crippen molar-refractivity contribution in [1.82, 2.24) is 19.7 Å². The van der Waals surface area contributed by atoms with Gasteiger partial charge in [-0.1, -0.05) is 11.6 Å². The van der Waals surface area contributed by atoms with Crippen LogP contribution in [-0.2, 0) is 4.74 Å². The van der Waals surface area contributed by atoms with Crippen molar-refractivity contribution in [3.8, 4) is 0 Å². The number of halogens is 1. The Hall–Kier alpha value is -2.52. The number of nitrogens with one attached hydrogen (secondary N) is 1. The van der Waals surface area contributed by atoms with E-state index in [0.717, 1.165) is 60.1 Å². The second-order valence-corrected chi connectivity index (χ2v) is 10.7. The zero-order valence-corrected chi connectivity index (χ0v) is 20.5. The summed E-state index contributed by atoms with van der Waals surface area (Å²) in [6.07, 6.45) is 7.32. The molecule has 3 fully saturated rings. The van der Waals surface area contributed by atoms with Gasteiger partial charge in [-0.15, -0.1) is 0 Å². The van der Waals surface area contributed by atoms with Gasteiger partial charge in [0.1, 0.15) is 5.82 Å². The maximum Gasteiger partial charge on any atom is 0.277 e. The molecule has 8 nitrogen and oxygen atoms in total. The molecule has 3 aromatic rings. The fourth-order valence-corrected chi connectivity index (χ4v) is 5.73. The summed E-state index contributed by atoms with van der Waals surface area (Å²) in [7, 11) is 0. The van der Waals surface area contributed by atoms with Gasteiger partial charge in [0.15, 0.2) is 5.69 Å². The highest BCUT2D eigenvalue weighted by Crippen LogP contribution is 2.39. The Morgan fingerprint density at radius 2 is 2.00 bits per heavy atom. The second kappa shape index (κ2) is 8.85. The van der Waals surface area contributed by atoms with E-state index >= 15 is 0 Å². The number of nitrogens with zero attached hydrogens (tertiary/aromatic N) is 4. The number of piperidine rings is 1. The summed E-state index contributed by atoms with van der Waals surface area (Å²) in [6.45, 7) is 4.84. The molecule has 2 atom stereocenters. The Morgan fingerprint density at radius 3 is 2.71 bits per heavy atom. The molecule has 9 heteroatoms. The molecule has 0 radical (unpaired) electrons. The highest BCUT2D eigenvalue weighted by atomic mass is 35.5. The molecule has 1 aliphatic carbocycles. The normalized spacial score (nSPS) is 25.9. The van der Waals surface area contributed by atoms with Gasteiger partial charge in [-0.25, -0.2) is 4.98 Å². The van der Waals surface area contributed by atoms with Crippen molar-refractivity contribution in [3.63, 3.8) is 0 Å². The number of ether oxygens (including phenoxy) is 1. The number of carbonyl (C=O) groups is 1. The van der Waals surface area contributed by atoms with E-state index in [4.69, 9.17) is 16.3 Å². The number of aliphatic hydroxyl groups is 1. The molecule has 4 heterocycles. The van der Waals surface area contributed by atoms with Crippen molar-refractivity contribution in [2.75, 3.05) is 31.6 Å². The lowest BCUT2D eigenvalue weighted by molar-refractivity contribution is -0.00211. The average molecular weight is 496 g/mol. The summed E-state index contributed by atoms with van der Waals surface area (Å²) in [4.78, 5) is 19.5. The van der Waals surface area contributed by atoms with Gasteiger partial charge in [0.05, 0.1) is 30.9 Å². The van der Waals surface area contributed by atoms with Crippen molar-refractivity contribution < 1.29 is 14.6 Å². The van der Waals surface area contributed by atoms with Crippen molar-refractivity contribution in [2.45, 2.75) is 56.2 Å². The molecular weight excluding hydrogens is 466 g/mol. The number of rotatable bonds is 5. The smallest absolute Gasteiger partial charge is 0.277 e.